The van der Waals surface area contributed by atoms with Gasteiger partial charge in [0.25, 0.3) is 0 Å². The zero-order valence-electron chi connectivity index (χ0n) is 13.8. The molecule has 1 aromatic carbocycles. The molecule has 1 N–H and O–H groups in total. The minimum Gasteiger partial charge on any atom is -0.352 e. The molecule has 1 aliphatic carbocycles. The van der Waals surface area contributed by atoms with E-state index in [1.54, 1.807) is 28.3 Å². The number of carbonyl (C=O) groups excluding carboxylic acids is 2. The molecule has 6 heteroatoms. The molecule has 0 spiro atoms. The van der Waals surface area contributed by atoms with Crippen molar-refractivity contribution in [1.29, 1.82) is 0 Å². The van der Waals surface area contributed by atoms with Gasteiger partial charge in [-0.1, -0.05) is 18.2 Å². The zero-order valence-corrected chi connectivity index (χ0v) is 13.8. The number of nitrogens with one attached hydrogen (secondary N) is 1. The van der Waals surface area contributed by atoms with Crippen LogP contribution in [0.25, 0.3) is 0 Å². The molecule has 2 fully saturated rings. The normalized spacial score (nSPS) is 20.5. The van der Waals surface area contributed by atoms with Crippen molar-refractivity contribution in [2.45, 2.75) is 31.3 Å². The Bertz CT molecular complexity index is 762. The van der Waals surface area contributed by atoms with Crippen LogP contribution in [-0.2, 0) is 4.79 Å². The third kappa shape index (κ3) is 3.20. The van der Waals surface area contributed by atoms with E-state index in [9.17, 15) is 9.59 Å². The number of nitrogens with zero attached hydrogens (tertiary/aromatic N) is 3. The molecular formula is C19H20N4O2. The average molecular weight is 336 g/mol. The largest absolute Gasteiger partial charge is 0.352 e. The summed E-state index contributed by atoms with van der Waals surface area (Å²) in [5.74, 6) is -0.0765. The molecule has 1 atom stereocenters. The predicted molar refractivity (Wildman–Crippen MR) is 95.5 cm³/mol. The maximum atomic E-state index is 13.2. The van der Waals surface area contributed by atoms with Gasteiger partial charge in [-0.05, 0) is 43.5 Å². The molecule has 1 unspecified atom stereocenters. The van der Waals surface area contributed by atoms with Crippen LogP contribution in [0.15, 0.2) is 54.9 Å². The monoisotopic (exact) mass is 336 g/mol. The first-order valence-electron chi connectivity index (χ1n) is 8.60. The van der Waals surface area contributed by atoms with Gasteiger partial charge in [-0.2, -0.15) is 0 Å². The molecule has 0 bridgehead atoms. The van der Waals surface area contributed by atoms with E-state index in [-0.39, 0.29) is 18.0 Å². The number of carbonyl (C=O) groups is 2. The van der Waals surface area contributed by atoms with E-state index in [1.165, 1.54) is 0 Å². The van der Waals surface area contributed by atoms with Gasteiger partial charge >= 0.3 is 6.03 Å². The number of hydrogen-bond donors (Lipinski definition) is 1. The van der Waals surface area contributed by atoms with Crippen molar-refractivity contribution in [2.75, 3.05) is 16.3 Å². The van der Waals surface area contributed by atoms with Gasteiger partial charge in [-0.25, -0.2) is 4.79 Å². The Morgan fingerprint density at radius 1 is 1.04 bits per heavy atom. The highest BCUT2D eigenvalue weighted by molar-refractivity contribution is 6.09. The summed E-state index contributed by atoms with van der Waals surface area (Å²) in [7, 11) is 0. The Labute approximate surface area is 146 Å². The maximum absolute atomic E-state index is 13.2. The first-order valence-corrected chi connectivity index (χ1v) is 8.60. The van der Waals surface area contributed by atoms with Gasteiger partial charge in [-0.3, -0.25) is 19.6 Å². The average Bonchev–Trinajstić information content (AvgIpc) is 3.47. The Morgan fingerprint density at radius 2 is 1.80 bits per heavy atom. The molecule has 3 amide bonds. The van der Waals surface area contributed by atoms with E-state index in [0.717, 1.165) is 18.5 Å². The molecule has 1 aliphatic heterocycles. The number of para-hydroxylation sites is 1. The zero-order chi connectivity index (χ0) is 17.2. The summed E-state index contributed by atoms with van der Waals surface area (Å²) in [6.07, 6.45) is 5.91. The molecule has 1 saturated heterocycles. The molecule has 4 rings (SSSR count). The van der Waals surface area contributed by atoms with E-state index >= 15 is 0 Å². The van der Waals surface area contributed by atoms with Crippen LogP contribution in [0.4, 0.5) is 16.2 Å². The number of aromatic nitrogens is 1. The highest BCUT2D eigenvalue weighted by Gasteiger charge is 2.40. The summed E-state index contributed by atoms with van der Waals surface area (Å²) in [5, 5.41) is 3.03. The standard InChI is InChI=1S/C19H20N4O2/c24-18(21-14-8-9-14)17-10-12-22(15-5-2-1-3-6-15)19(25)23(17)16-7-4-11-20-13-16/h1-7,11,13-14,17H,8-10,12H2,(H,21,24). The number of rotatable bonds is 4. The van der Waals surface area contributed by atoms with Crippen molar-refractivity contribution in [3.63, 3.8) is 0 Å². The van der Waals surface area contributed by atoms with Crippen molar-refractivity contribution in [3.05, 3.63) is 54.9 Å². The van der Waals surface area contributed by atoms with Gasteiger partial charge in [0.1, 0.15) is 6.04 Å². The van der Waals surface area contributed by atoms with E-state index < -0.39 is 6.04 Å². The second kappa shape index (κ2) is 6.55. The fourth-order valence-corrected chi connectivity index (χ4v) is 3.15. The number of hydrogen-bond acceptors (Lipinski definition) is 3. The molecule has 6 nitrogen and oxygen atoms in total. The molecule has 2 heterocycles. The lowest BCUT2D eigenvalue weighted by molar-refractivity contribution is -0.122. The number of benzene rings is 1. The van der Waals surface area contributed by atoms with Crippen LogP contribution >= 0.6 is 0 Å². The fourth-order valence-electron chi connectivity index (χ4n) is 3.15. The minimum atomic E-state index is -0.503. The molecule has 25 heavy (non-hydrogen) atoms. The first kappa shape index (κ1) is 15.6. The van der Waals surface area contributed by atoms with Crippen LogP contribution in [0.5, 0.6) is 0 Å². The maximum Gasteiger partial charge on any atom is 0.329 e. The number of anilines is 2. The highest BCUT2D eigenvalue weighted by Crippen LogP contribution is 2.28. The summed E-state index contributed by atoms with van der Waals surface area (Å²) in [6.45, 7) is 0.516. The van der Waals surface area contributed by atoms with Crippen molar-refractivity contribution in [3.8, 4) is 0 Å². The Kier molecular flexibility index (Phi) is 4.09. The molecule has 1 saturated carbocycles. The van der Waals surface area contributed by atoms with E-state index in [2.05, 4.69) is 10.3 Å². The summed E-state index contributed by atoms with van der Waals surface area (Å²) in [5.41, 5.74) is 1.48. The van der Waals surface area contributed by atoms with Crippen molar-refractivity contribution in [1.82, 2.24) is 10.3 Å². The van der Waals surface area contributed by atoms with Crippen LogP contribution in [0.2, 0.25) is 0 Å². The third-order valence-corrected chi connectivity index (χ3v) is 4.59. The number of pyridine rings is 1. The van der Waals surface area contributed by atoms with Gasteiger partial charge in [0.05, 0.1) is 11.9 Å². The molecule has 1 aromatic heterocycles. The van der Waals surface area contributed by atoms with Gasteiger partial charge < -0.3 is 5.32 Å². The van der Waals surface area contributed by atoms with Crippen LogP contribution in [0.1, 0.15) is 19.3 Å². The van der Waals surface area contributed by atoms with Gasteiger partial charge in [0, 0.05) is 24.5 Å². The topological polar surface area (TPSA) is 65.5 Å². The highest BCUT2D eigenvalue weighted by atomic mass is 16.2. The molecular weight excluding hydrogens is 316 g/mol. The summed E-state index contributed by atoms with van der Waals surface area (Å²) < 4.78 is 0. The molecule has 128 valence electrons. The van der Waals surface area contributed by atoms with Crippen molar-refractivity contribution < 1.29 is 9.59 Å². The first-order chi connectivity index (χ1) is 12.2. The van der Waals surface area contributed by atoms with E-state index in [1.807, 2.05) is 36.4 Å². The smallest absolute Gasteiger partial charge is 0.329 e. The predicted octanol–water partition coefficient (Wildman–Crippen LogP) is 2.57. The number of amides is 3. The lowest BCUT2D eigenvalue weighted by atomic mass is 10.1. The van der Waals surface area contributed by atoms with Gasteiger partial charge in [0.15, 0.2) is 0 Å². The summed E-state index contributed by atoms with van der Waals surface area (Å²) in [6, 6.07) is 12.7. The van der Waals surface area contributed by atoms with Crippen molar-refractivity contribution >= 4 is 23.3 Å². The molecule has 2 aromatic rings. The second-order valence-corrected chi connectivity index (χ2v) is 6.44. The van der Waals surface area contributed by atoms with Gasteiger partial charge in [-0.15, -0.1) is 0 Å². The Balaban J connectivity index is 1.65. The van der Waals surface area contributed by atoms with Crippen LogP contribution in [0, 0.1) is 0 Å². The quantitative estimate of drug-likeness (QED) is 0.933. The molecule has 2 aliphatic rings. The lowest BCUT2D eigenvalue weighted by Gasteiger charge is -2.40. The fraction of sp³-hybridized carbons (Fsp3) is 0.316. The number of urea groups is 1. The van der Waals surface area contributed by atoms with Crippen LogP contribution < -0.4 is 15.1 Å². The van der Waals surface area contributed by atoms with Crippen LogP contribution in [-0.4, -0.2) is 35.6 Å². The van der Waals surface area contributed by atoms with Crippen LogP contribution in [0.3, 0.4) is 0 Å². The van der Waals surface area contributed by atoms with E-state index in [0.29, 0.717) is 18.7 Å². The summed E-state index contributed by atoms with van der Waals surface area (Å²) in [4.78, 5) is 33.3. The van der Waals surface area contributed by atoms with Gasteiger partial charge in [0.2, 0.25) is 5.91 Å². The second-order valence-electron chi connectivity index (χ2n) is 6.44. The Hall–Kier alpha value is -2.89. The summed E-state index contributed by atoms with van der Waals surface area (Å²) >= 11 is 0. The van der Waals surface area contributed by atoms with E-state index in [4.69, 9.17) is 0 Å². The van der Waals surface area contributed by atoms with Crippen molar-refractivity contribution in [2.24, 2.45) is 0 Å². The third-order valence-electron chi connectivity index (χ3n) is 4.59. The minimum absolute atomic E-state index is 0.0765. The SMILES string of the molecule is O=C(NC1CC1)C1CCN(c2ccccc2)C(=O)N1c1cccnc1. The lowest BCUT2D eigenvalue weighted by Crippen LogP contribution is -2.60. The molecule has 0 radical (unpaired) electrons. The Morgan fingerprint density at radius 3 is 2.48 bits per heavy atom.